The fourth-order valence-corrected chi connectivity index (χ4v) is 3.03. The van der Waals surface area contributed by atoms with Crippen LogP contribution in [0.2, 0.25) is 0 Å². The fourth-order valence-electron chi connectivity index (χ4n) is 2.36. The zero-order chi connectivity index (χ0) is 21.1. The lowest BCUT2D eigenvalue weighted by atomic mass is 10.1. The van der Waals surface area contributed by atoms with E-state index in [-0.39, 0.29) is 16.2 Å². The molecule has 0 aliphatic heterocycles. The van der Waals surface area contributed by atoms with Crippen molar-refractivity contribution in [3.05, 3.63) is 63.7 Å². The molecule has 2 aromatic carbocycles. The number of nitro groups is 1. The number of nitrogens with zero attached hydrogens (tertiary/aromatic N) is 1. The number of ether oxygens (including phenoxy) is 1. The molecule has 0 aliphatic rings. The van der Waals surface area contributed by atoms with Crippen LogP contribution in [0.25, 0.3) is 0 Å². The Morgan fingerprint density at radius 3 is 2.46 bits per heavy atom. The minimum Gasteiger partial charge on any atom is -0.435 e. The highest BCUT2D eigenvalue weighted by Gasteiger charge is 2.20. The molecule has 1 atom stereocenters. The van der Waals surface area contributed by atoms with Crippen molar-refractivity contribution in [3.63, 3.8) is 0 Å². The minimum atomic E-state index is -3.78. The number of benzene rings is 2. The molecule has 0 fully saturated rings. The number of rotatable bonds is 7. The van der Waals surface area contributed by atoms with Crippen LogP contribution in [-0.2, 0) is 9.84 Å². The fraction of sp³-hybridized carbons (Fsp3) is 0.235. The van der Waals surface area contributed by atoms with Gasteiger partial charge in [-0.2, -0.15) is 8.78 Å². The molecule has 28 heavy (non-hydrogen) atoms. The van der Waals surface area contributed by atoms with Gasteiger partial charge in [0.1, 0.15) is 5.75 Å². The Kier molecular flexibility index (Phi) is 6.29. The number of nitrogens with one attached hydrogen (secondary N) is 1. The number of hydrogen-bond donors (Lipinski definition) is 1. The largest absolute Gasteiger partial charge is 0.435 e. The maximum atomic E-state index is 12.5. The van der Waals surface area contributed by atoms with Gasteiger partial charge < -0.3 is 10.1 Å². The molecule has 11 heteroatoms. The van der Waals surface area contributed by atoms with Gasteiger partial charge in [0.2, 0.25) is 0 Å². The Balaban J connectivity index is 2.29. The Morgan fingerprint density at radius 1 is 1.21 bits per heavy atom. The summed E-state index contributed by atoms with van der Waals surface area (Å²) in [5.74, 6) is -0.857. The molecule has 1 amide bonds. The number of sulfone groups is 1. The van der Waals surface area contributed by atoms with Crippen molar-refractivity contribution in [2.45, 2.75) is 24.5 Å². The van der Waals surface area contributed by atoms with E-state index in [1.165, 1.54) is 18.2 Å². The minimum absolute atomic E-state index is 0.0942. The van der Waals surface area contributed by atoms with Gasteiger partial charge in [-0.15, -0.1) is 0 Å². The average molecular weight is 414 g/mol. The van der Waals surface area contributed by atoms with Crippen LogP contribution in [0.4, 0.5) is 14.5 Å². The predicted molar refractivity (Wildman–Crippen MR) is 95.2 cm³/mol. The zero-order valence-corrected chi connectivity index (χ0v) is 15.6. The van der Waals surface area contributed by atoms with Crippen molar-refractivity contribution in [2.75, 3.05) is 6.26 Å². The third-order valence-corrected chi connectivity index (χ3v) is 4.82. The molecule has 2 rings (SSSR count). The van der Waals surface area contributed by atoms with E-state index in [0.29, 0.717) is 5.56 Å². The SMILES string of the molecule is CC(NC(=O)c1cc([N+](=O)[O-])cc(S(C)(=O)=O)c1)c1cccc(OC(F)F)c1. The summed E-state index contributed by atoms with van der Waals surface area (Å²) < 4.78 is 52.4. The van der Waals surface area contributed by atoms with E-state index in [1.807, 2.05) is 0 Å². The van der Waals surface area contributed by atoms with Crippen LogP contribution >= 0.6 is 0 Å². The summed E-state index contributed by atoms with van der Waals surface area (Å²) in [7, 11) is -3.78. The number of carbonyl (C=O) groups is 1. The Labute approximate surface area is 159 Å². The van der Waals surface area contributed by atoms with E-state index < -0.39 is 39.0 Å². The summed E-state index contributed by atoms with van der Waals surface area (Å²) in [4.78, 5) is 22.3. The standard InChI is InChI=1S/C17H16F2N2O6S/c1-10(11-4-3-5-14(7-11)27-17(18)19)20-16(22)12-6-13(21(23)24)9-15(8-12)28(2,25)26/h3-10,17H,1-2H3,(H,20,22). The highest BCUT2D eigenvalue weighted by molar-refractivity contribution is 7.90. The first-order valence-electron chi connectivity index (χ1n) is 7.82. The Morgan fingerprint density at radius 2 is 1.89 bits per heavy atom. The lowest BCUT2D eigenvalue weighted by Crippen LogP contribution is -2.27. The van der Waals surface area contributed by atoms with Crippen LogP contribution in [0.15, 0.2) is 47.4 Å². The molecule has 0 spiro atoms. The van der Waals surface area contributed by atoms with E-state index in [2.05, 4.69) is 10.1 Å². The first-order valence-corrected chi connectivity index (χ1v) is 9.71. The van der Waals surface area contributed by atoms with Crippen LogP contribution in [-0.4, -0.2) is 32.1 Å². The molecular formula is C17H16F2N2O6S. The molecule has 0 aromatic heterocycles. The van der Waals surface area contributed by atoms with Crippen molar-refractivity contribution in [1.29, 1.82) is 0 Å². The van der Waals surface area contributed by atoms with Crippen molar-refractivity contribution < 1.29 is 31.7 Å². The third-order valence-electron chi connectivity index (χ3n) is 3.72. The van der Waals surface area contributed by atoms with Crippen LogP contribution in [0, 0.1) is 10.1 Å². The monoisotopic (exact) mass is 414 g/mol. The quantitative estimate of drug-likeness (QED) is 0.550. The van der Waals surface area contributed by atoms with Gasteiger partial charge in [-0.3, -0.25) is 14.9 Å². The molecule has 0 saturated heterocycles. The summed E-state index contributed by atoms with van der Waals surface area (Å²) in [6.07, 6.45) is 0.866. The lowest BCUT2D eigenvalue weighted by Gasteiger charge is -2.16. The first-order chi connectivity index (χ1) is 13.0. The maximum Gasteiger partial charge on any atom is 0.387 e. The first kappa shape index (κ1) is 21.2. The second kappa shape index (κ2) is 8.30. The molecular weight excluding hydrogens is 398 g/mol. The summed E-state index contributed by atoms with van der Waals surface area (Å²) >= 11 is 0. The molecule has 0 bridgehead atoms. The molecule has 0 aliphatic carbocycles. The summed E-state index contributed by atoms with van der Waals surface area (Å²) in [6, 6.07) is 7.84. The van der Waals surface area contributed by atoms with Gasteiger partial charge in [-0.25, -0.2) is 8.42 Å². The lowest BCUT2D eigenvalue weighted by molar-refractivity contribution is -0.385. The highest BCUT2D eigenvalue weighted by Crippen LogP contribution is 2.23. The number of carbonyl (C=O) groups excluding carboxylic acids is 1. The molecule has 2 aromatic rings. The van der Waals surface area contributed by atoms with Crippen molar-refractivity contribution in [3.8, 4) is 5.75 Å². The summed E-state index contributed by atoms with van der Waals surface area (Å²) in [5, 5.41) is 13.6. The van der Waals surface area contributed by atoms with Gasteiger partial charge in [0, 0.05) is 24.0 Å². The molecule has 150 valence electrons. The van der Waals surface area contributed by atoms with Crippen LogP contribution in [0.5, 0.6) is 5.75 Å². The van der Waals surface area contributed by atoms with E-state index in [1.54, 1.807) is 13.0 Å². The van der Waals surface area contributed by atoms with Gasteiger partial charge >= 0.3 is 6.61 Å². The van der Waals surface area contributed by atoms with E-state index in [0.717, 1.165) is 24.5 Å². The zero-order valence-electron chi connectivity index (χ0n) is 14.8. The molecule has 0 heterocycles. The van der Waals surface area contributed by atoms with Gasteiger partial charge in [0.25, 0.3) is 11.6 Å². The molecule has 0 saturated carbocycles. The van der Waals surface area contributed by atoms with Crippen LogP contribution < -0.4 is 10.1 Å². The number of hydrogen-bond acceptors (Lipinski definition) is 6. The Hall–Kier alpha value is -3.08. The number of amides is 1. The van der Waals surface area contributed by atoms with E-state index in [9.17, 15) is 32.1 Å². The summed E-state index contributed by atoms with van der Waals surface area (Å²) in [5.41, 5.74) is -0.324. The second-order valence-electron chi connectivity index (χ2n) is 5.89. The number of halogens is 2. The van der Waals surface area contributed by atoms with Crippen molar-refractivity contribution in [1.82, 2.24) is 5.32 Å². The maximum absolute atomic E-state index is 12.5. The van der Waals surface area contributed by atoms with E-state index in [4.69, 9.17) is 0 Å². The number of nitro benzene ring substituents is 1. The second-order valence-corrected chi connectivity index (χ2v) is 7.91. The summed E-state index contributed by atoms with van der Waals surface area (Å²) in [6.45, 7) is -1.44. The smallest absolute Gasteiger partial charge is 0.387 e. The van der Waals surface area contributed by atoms with Gasteiger partial charge in [-0.05, 0) is 30.7 Å². The molecule has 0 radical (unpaired) electrons. The van der Waals surface area contributed by atoms with Gasteiger partial charge in [0.05, 0.1) is 15.9 Å². The number of non-ortho nitro benzene ring substituents is 1. The number of alkyl halides is 2. The van der Waals surface area contributed by atoms with E-state index >= 15 is 0 Å². The van der Waals surface area contributed by atoms with Crippen LogP contribution in [0.3, 0.4) is 0 Å². The molecule has 1 N–H and O–H groups in total. The normalized spacial score (nSPS) is 12.5. The third kappa shape index (κ3) is 5.46. The van der Waals surface area contributed by atoms with Crippen LogP contribution in [0.1, 0.15) is 28.9 Å². The topological polar surface area (TPSA) is 116 Å². The van der Waals surface area contributed by atoms with Crippen molar-refractivity contribution in [2.24, 2.45) is 0 Å². The Bertz CT molecular complexity index is 1010. The highest BCUT2D eigenvalue weighted by atomic mass is 32.2. The molecule has 8 nitrogen and oxygen atoms in total. The van der Waals surface area contributed by atoms with Gasteiger partial charge in [-0.1, -0.05) is 12.1 Å². The average Bonchev–Trinajstić information content (AvgIpc) is 2.60. The van der Waals surface area contributed by atoms with Gasteiger partial charge in [0.15, 0.2) is 9.84 Å². The predicted octanol–water partition coefficient (Wildman–Crippen LogP) is 3.09. The molecule has 1 unspecified atom stereocenters. The van der Waals surface area contributed by atoms with Crippen molar-refractivity contribution >= 4 is 21.4 Å².